The third kappa shape index (κ3) is 2.93. The summed E-state index contributed by atoms with van der Waals surface area (Å²) in [5, 5.41) is 3.20. The van der Waals surface area contributed by atoms with Gasteiger partial charge in [0.05, 0.1) is 11.2 Å². The molecule has 0 unspecified atom stereocenters. The Bertz CT molecular complexity index is 1020. The number of aromatic nitrogens is 4. The van der Waals surface area contributed by atoms with Crippen molar-refractivity contribution in [3.8, 4) is 0 Å². The maximum atomic E-state index is 12.6. The lowest BCUT2D eigenvalue weighted by molar-refractivity contribution is 0.477. The molecule has 1 aliphatic heterocycles. The standard InChI is InChI=1S/C17H20N6O2S/c1-2-22-12-20-15-16(18-11-19-17(15)22)21-13-5-7-14(8-6-13)26(24,25)23-9-3-4-10-23/h5-8,11-12H,2-4,9-10H2,1H3,(H,18,19,21). The second-order valence-electron chi connectivity index (χ2n) is 6.19. The molecule has 0 radical (unpaired) electrons. The van der Waals surface area contributed by atoms with Gasteiger partial charge in [-0.2, -0.15) is 4.31 Å². The number of hydrogen-bond acceptors (Lipinski definition) is 6. The molecule has 0 atom stereocenters. The quantitative estimate of drug-likeness (QED) is 0.739. The molecule has 136 valence electrons. The number of anilines is 2. The van der Waals surface area contributed by atoms with E-state index in [1.54, 1.807) is 34.9 Å². The fraction of sp³-hybridized carbons (Fsp3) is 0.353. The van der Waals surface area contributed by atoms with Gasteiger partial charge in [-0.15, -0.1) is 0 Å². The Morgan fingerprint density at radius 3 is 2.50 bits per heavy atom. The predicted octanol–water partition coefficient (Wildman–Crippen LogP) is 2.37. The number of benzene rings is 1. The van der Waals surface area contributed by atoms with E-state index in [2.05, 4.69) is 20.3 Å². The van der Waals surface area contributed by atoms with E-state index in [4.69, 9.17) is 0 Å². The first-order valence-corrected chi connectivity index (χ1v) is 10.1. The second-order valence-corrected chi connectivity index (χ2v) is 8.12. The highest BCUT2D eigenvalue weighted by Crippen LogP contribution is 2.25. The van der Waals surface area contributed by atoms with Crippen molar-refractivity contribution in [1.82, 2.24) is 23.8 Å². The summed E-state index contributed by atoms with van der Waals surface area (Å²) in [5.74, 6) is 0.595. The SMILES string of the molecule is CCn1cnc2c(Nc3ccc(S(=O)(=O)N4CCCC4)cc3)ncnc21. The lowest BCUT2D eigenvalue weighted by Gasteiger charge is -2.15. The molecule has 0 saturated carbocycles. The van der Waals surface area contributed by atoms with Crippen LogP contribution in [0.1, 0.15) is 19.8 Å². The monoisotopic (exact) mass is 372 g/mol. The molecule has 4 rings (SSSR count). The highest BCUT2D eigenvalue weighted by atomic mass is 32.2. The molecule has 3 aromatic rings. The number of aryl methyl sites for hydroxylation is 1. The zero-order valence-electron chi connectivity index (χ0n) is 14.5. The molecule has 8 nitrogen and oxygen atoms in total. The number of sulfonamides is 1. The fourth-order valence-electron chi connectivity index (χ4n) is 3.13. The van der Waals surface area contributed by atoms with E-state index in [1.165, 1.54) is 6.33 Å². The molecule has 1 aromatic carbocycles. The Morgan fingerprint density at radius 2 is 1.81 bits per heavy atom. The normalized spacial score (nSPS) is 15.6. The van der Waals surface area contributed by atoms with E-state index >= 15 is 0 Å². The van der Waals surface area contributed by atoms with Gasteiger partial charge < -0.3 is 9.88 Å². The maximum absolute atomic E-state index is 12.6. The van der Waals surface area contributed by atoms with Gasteiger partial charge in [-0.1, -0.05) is 0 Å². The molecule has 1 saturated heterocycles. The molecule has 1 N–H and O–H groups in total. The zero-order valence-corrected chi connectivity index (χ0v) is 15.3. The van der Waals surface area contributed by atoms with E-state index in [0.717, 1.165) is 30.7 Å². The van der Waals surface area contributed by atoms with Crippen LogP contribution in [0, 0.1) is 0 Å². The van der Waals surface area contributed by atoms with Gasteiger partial charge >= 0.3 is 0 Å². The third-order valence-electron chi connectivity index (χ3n) is 4.56. The van der Waals surface area contributed by atoms with Gasteiger partial charge in [0, 0.05) is 25.3 Å². The lowest BCUT2D eigenvalue weighted by Crippen LogP contribution is -2.27. The summed E-state index contributed by atoms with van der Waals surface area (Å²) in [5.41, 5.74) is 2.19. The van der Waals surface area contributed by atoms with Crippen LogP contribution in [-0.2, 0) is 16.6 Å². The topological polar surface area (TPSA) is 93.0 Å². The molecule has 0 aliphatic carbocycles. The van der Waals surface area contributed by atoms with Crippen molar-refractivity contribution < 1.29 is 8.42 Å². The minimum Gasteiger partial charge on any atom is -0.338 e. The van der Waals surface area contributed by atoms with Crippen molar-refractivity contribution in [2.24, 2.45) is 0 Å². The van der Waals surface area contributed by atoms with E-state index < -0.39 is 10.0 Å². The van der Waals surface area contributed by atoms with E-state index in [0.29, 0.717) is 29.3 Å². The van der Waals surface area contributed by atoms with Crippen molar-refractivity contribution in [2.45, 2.75) is 31.2 Å². The molecule has 1 fully saturated rings. The summed E-state index contributed by atoms with van der Waals surface area (Å²) in [6, 6.07) is 6.74. The van der Waals surface area contributed by atoms with Gasteiger partial charge in [0.1, 0.15) is 6.33 Å². The van der Waals surface area contributed by atoms with Crippen molar-refractivity contribution in [3.63, 3.8) is 0 Å². The van der Waals surface area contributed by atoms with Gasteiger partial charge in [0.25, 0.3) is 0 Å². The summed E-state index contributed by atoms with van der Waals surface area (Å²) >= 11 is 0. The minimum atomic E-state index is -3.40. The van der Waals surface area contributed by atoms with E-state index in [1.807, 2.05) is 11.5 Å². The Hall–Kier alpha value is -2.52. The number of fused-ring (bicyclic) bond motifs is 1. The van der Waals surface area contributed by atoms with E-state index in [-0.39, 0.29) is 0 Å². The van der Waals surface area contributed by atoms with Crippen LogP contribution in [0.3, 0.4) is 0 Å². The van der Waals surface area contributed by atoms with Crippen LogP contribution in [0.4, 0.5) is 11.5 Å². The largest absolute Gasteiger partial charge is 0.338 e. The molecule has 3 heterocycles. The Kier molecular flexibility index (Phi) is 4.33. The number of nitrogens with one attached hydrogen (secondary N) is 1. The summed E-state index contributed by atoms with van der Waals surface area (Å²) in [6.07, 6.45) is 5.07. The molecule has 2 aromatic heterocycles. The molecule has 9 heteroatoms. The summed E-state index contributed by atoms with van der Waals surface area (Å²) in [4.78, 5) is 13.2. The average Bonchev–Trinajstić information content (AvgIpc) is 3.33. The van der Waals surface area contributed by atoms with Crippen molar-refractivity contribution in [3.05, 3.63) is 36.9 Å². The van der Waals surface area contributed by atoms with Crippen LogP contribution in [0.2, 0.25) is 0 Å². The average molecular weight is 372 g/mol. The molecular formula is C17H20N6O2S. The van der Waals surface area contributed by atoms with Crippen molar-refractivity contribution >= 4 is 32.7 Å². The first kappa shape index (κ1) is 16.9. The van der Waals surface area contributed by atoms with Gasteiger partial charge in [-0.05, 0) is 44.0 Å². The Morgan fingerprint density at radius 1 is 1.08 bits per heavy atom. The van der Waals surface area contributed by atoms with Crippen LogP contribution >= 0.6 is 0 Å². The highest BCUT2D eigenvalue weighted by Gasteiger charge is 2.26. The van der Waals surface area contributed by atoms with Crippen LogP contribution in [0.5, 0.6) is 0 Å². The van der Waals surface area contributed by atoms with Crippen LogP contribution in [-0.4, -0.2) is 45.3 Å². The van der Waals surface area contributed by atoms with Gasteiger partial charge in [0.2, 0.25) is 10.0 Å². The minimum absolute atomic E-state index is 0.313. The maximum Gasteiger partial charge on any atom is 0.243 e. The van der Waals surface area contributed by atoms with Crippen LogP contribution in [0.25, 0.3) is 11.2 Å². The molecule has 0 bridgehead atoms. The summed E-state index contributed by atoms with van der Waals surface area (Å²) < 4.78 is 28.7. The number of rotatable bonds is 5. The van der Waals surface area contributed by atoms with Gasteiger partial charge in [0.15, 0.2) is 17.0 Å². The van der Waals surface area contributed by atoms with Crippen LogP contribution < -0.4 is 5.32 Å². The molecular weight excluding hydrogens is 352 g/mol. The van der Waals surface area contributed by atoms with Crippen molar-refractivity contribution in [2.75, 3.05) is 18.4 Å². The first-order chi connectivity index (χ1) is 12.6. The number of hydrogen-bond donors (Lipinski definition) is 1. The summed E-state index contributed by atoms with van der Waals surface area (Å²) in [6.45, 7) is 3.99. The number of imidazole rings is 1. The fourth-order valence-corrected chi connectivity index (χ4v) is 4.65. The molecule has 0 amide bonds. The van der Waals surface area contributed by atoms with Crippen molar-refractivity contribution in [1.29, 1.82) is 0 Å². The first-order valence-electron chi connectivity index (χ1n) is 8.62. The summed E-state index contributed by atoms with van der Waals surface area (Å²) in [7, 11) is -3.40. The molecule has 26 heavy (non-hydrogen) atoms. The third-order valence-corrected chi connectivity index (χ3v) is 6.47. The Labute approximate surface area is 152 Å². The number of nitrogens with zero attached hydrogens (tertiary/aromatic N) is 5. The predicted molar refractivity (Wildman–Crippen MR) is 98.7 cm³/mol. The van der Waals surface area contributed by atoms with Gasteiger partial charge in [-0.25, -0.2) is 23.4 Å². The molecule has 0 spiro atoms. The second kappa shape index (κ2) is 6.65. The Balaban J connectivity index is 1.59. The zero-order chi connectivity index (χ0) is 18.1. The van der Waals surface area contributed by atoms with E-state index in [9.17, 15) is 8.42 Å². The highest BCUT2D eigenvalue weighted by molar-refractivity contribution is 7.89. The molecule has 1 aliphatic rings. The van der Waals surface area contributed by atoms with Crippen LogP contribution in [0.15, 0.2) is 41.8 Å². The lowest BCUT2D eigenvalue weighted by atomic mass is 10.3. The van der Waals surface area contributed by atoms with Gasteiger partial charge in [-0.3, -0.25) is 0 Å². The smallest absolute Gasteiger partial charge is 0.243 e.